The van der Waals surface area contributed by atoms with Gasteiger partial charge in [0, 0.05) is 58.2 Å². The summed E-state index contributed by atoms with van der Waals surface area (Å²) in [6.07, 6.45) is 2.69. The van der Waals surface area contributed by atoms with E-state index in [0.29, 0.717) is 5.56 Å². The van der Waals surface area contributed by atoms with Crippen LogP contribution in [0.15, 0.2) is 141 Å². The van der Waals surface area contributed by atoms with Crippen LogP contribution in [0.2, 0.25) is 0 Å². The van der Waals surface area contributed by atoms with Gasteiger partial charge in [0.05, 0.1) is 28.4 Å². The smallest absolute Gasteiger partial charge is 0.126 e. The van der Waals surface area contributed by atoms with E-state index in [1.165, 1.54) is 5.56 Å². The van der Waals surface area contributed by atoms with E-state index in [1.807, 2.05) is 97.1 Å². The number of rotatable bonds is 10. The maximum atomic E-state index is 10.7. The van der Waals surface area contributed by atoms with Crippen LogP contribution in [0.3, 0.4) is 0 Å². The van der Waals surface area contributed by atoms with E-state index < -0.39 is 0 Å². The Bertz CT molecular complexity index is 2080. The predicted octanol–water partition coefficient (Wildman–Crippen LogP) is 11.7. The highest BCUT2D eigenvalue weighted by Crippen LogP contribution is 2.38. The molecule has 0 bridgehead atoms. The van der Waals surface area contributed by atoms with Crippen molar-refractivity contribution in [3.63, 3.8) is 0 Å². The fourth-order valence-corrected chi connectivity index (χ4v) is 5.49. The van der Waals surface area contributed by atoms with Crippen molar-refractivity contribution in [3.05, 3.63) is 126 Å². The highest BCUT2D eigenvalue weighted by molar-refractivity contribution is 6.02. The van der Waals surface area contributed by atoms with Crippen molar-refractivity contribution in [1.29, 1.82) is 0 Å². The van der Waals surface area contributed by atoms with E-state index in [-0.39, 0.29) is 5.75 Å². The number of hydrogen-bond acceptors (Lipinski definition) is 7. The molecule has 0 fully saturated rings. The summed E-state index contributed by atoms with van der Waals surface area (Å²) in [4.78, 5) is 6.94. The molecule has 7 nitrogen and oxygen atoms in total. The molecule has 0 unspecified atom stereocenters. The van der Waals surface area contributed by atoms with Gasteiger partial charge in [-0.1, -0.05) is 67.6 Å². The topological polar surface area (TPSA) is 85.3 Å². The maximum absolute atomic E-state index is 10.7. The van der Waals surface area contributed by atoms with Crippen molar-refractivity contribution in [1.82, 2.24) is 0 Å². The summed E-state index contributed by atoms with van der Waals surface area (Å²) in [5.41, 5.74) is 6.78. The molecule has 1 N–H and O–H groups in total. The summed E-state index contributed by atoms with van der Waals surface area (Å²) < 4.78 is 0. The van der Waals surface area contributed by atoms with E-state index in [9.17, 15) is 5.11 Å². The largest absolute Gasteiger partial charge is 0.507 e. The Kier molecular flexibility index (Phi) is 9.20. The third-order valence-corrected chi connectivity index (χ3v) is 8.12. The predicted molar refractivity (Wildman–Crippen MR) is 191 cm³/mol. The molecular formula is C39H36N6O. The van der Waals surface area contributed by atoms with E-state index in [0.717, 1.165) is 75.2 Å². The number of phenolic OH excluding ortho intramolecular Hbond substituents is 1. The van der Waals surface area contributed by atoms with Crippen LogP contribution in [0.4, 0.5) is 34.1 Å². The van der Waals surface area contributed by atoms with Gasteiger partial charge in [-0.2, -0.15) is 5.11 Å². The van der Waals surface area contributed by atoms with Crippen LogP contribution >= 0.6 is 0 Å². The van der Waals surface area contributed by atoms with Crippen LogP contribution in [0.5, 0.6) is 5.75 Å². The van der Waals surface area contributed by atoms with E-state index in [1.54, 1.807) is 12.3 Å². The Hall–Kier alpha value is -5.69. The molecule has 0 spiro atoms. The monoisotopic (exact) mass is 604 g/mol. The first-order chi connectivity index (χ1) is 22.6. The lowest BCUT2D eigenvalue weighted by Crippen LogP contribution is -2.21. The Morgan fingerprint density at radius 3 is 1.57 bits per heavy atom. The molecule has 0 aliphatic heterocycles. The van der Waals surface area contributed by atoms with E-state index >= 15 is 0 Å². The van der Waals surface area contributed by atoms with Crippen molar-refractivity contribution < 1.29 is 5.11 Å². The Labute approximate surface area is 269 Å². The number of hydrogen-bond donors (Lipinski definition) is 1. The van der Waals surface area contributed by atoms with Crippen LogP contribution in [-0.4, -0.2) is 24.4 Å². The summed E-state index contributed by atoms with van der Waals surface area (Å²) in [7, 11) is 0. The molecule has 0 aliphatic rings. The van der Waals surface area contributed by atoms with Crippen LogP contribution in [-0.2, 0) is 6.42 Å². The molecule has 0 aromatic heterocycles. The molecule has 0 atom stereocenters. The highest BCUT2D eigenvalue weighted by Gasteiger charge is 2.09. The first kappa shape index (κ1) is 30.3. The third-order valence-electron chi connectivity index (χ3n) is 8.12. The number of nitrogens with zero attached hydrogens (tertiary/aromatic N) is 6. The molecule has 6 rings (SSSR count). The molecule has 0 radical (unpaired) electrons. The van der Waals surface area contributed by atoms with Crippen LogP contribution in [0.25, 0.3) is 21.5 Å². The average Bonchev–Trinajstić information content (AvgIpc) is 3.10. The summed E-state index contributed by atoms with van der Waals surface area (Å²) in [5.74, 6) is 0.202. The van der Waals surface area contributed by atoms with Crippen molar-refractivity contribution in [2.75, 3.05) is 18.0 Å². The maximum Gasteiger partial charge on any atom is 0.126 e. The van der Waals surface area contributed by atoms with Crippen molar-refractivity contribution >= 4 is 61.9 Å². The van der Waals surface area contributed by atoms with Crippen LogP contribution in [0, 0.1) is 0 Å². The van der Waals surface area contributed by atoms with E-state index in [2.05, 4.69) is 58.3 Å². The van der Waals surface area contributed by atoms with Gasteiger partial charge in [0.15, 0.2) is 0 Å². The number of anilines is 1. The van der Waals surface area contributed by atoms with Crippen molar-refractivity contribution in [2.45, 2.75) is 27.2 Å². The second-order valence-corrected chi connectivity index (χ2v) is 10.9. The van der Waals surface area contributed by atoms with Gasteiger partial charge in [0.25, 0.3) is 0 Å². The minimum Gasteiger partial charge on any atom is -0.507 e. The van der Waals surface area contributed by atoms with Gasteiger partial charge in [-0.3, -0.25) is 4.99 Å². The zero-order chi connectivity index (χ0) is 31.9. The molecule has 0 saturated carbocycles. The lowest BCUT2D eigenvalue weighted by molar-refractivity contribution is 0.474. The highest BCUT2D eigenvalue weighted by atomic mass is 16.3. The second kappa shape index (κ2) is 13.9. The molecule has 0 heterocycles. The van der Waals surface area contributed by atoms with Gasteiger partial charge in [0.2, 0.25) is 0 Å². The quantitative estimate of drug-likeness (QED) is 0.125. The zero-order valence-corrected chi connectivity index (χ0v) is 26.3. The standard InChI is InChI=1S/C39H36N6O/c1-4-27-15-18-29(19-16-27)41-42-36-23-24-38(34-14-10-9-13-33(34)36)44-43-37-22-21-35(31-11-7-8-12-32(31)37)40-26-28-17-20-30(25-39(28)46)45(5-2)6-3/h7-26,46H,4-6H2,1-3H3. The van der Waals surface area contributed by atoms with Gasteiger partial charge < -0.3 is 10.0 Å². The van der Waals surface area contributed by atoms with Gasteiger partial charge in [-0.25, -0.2) is 0 Å². The summed E-state index contributed by atoms with van der Waals surface area (Å²) in [6, 6.07) is 37.6. The second-order valence-electron chi connectivity index (χ2n) is 10.9. The summed E-state index contributed by atoms with van der Waals surface area (Å²) in [6.45, 7) is 8.09. The van der Waals surface area contributed by atoms with Crippen LogP contribution < -0.4 is 4.90 Å². The number of aryl methyl sites for hydroxylation is 1. The lowest BCUT2D eigenvalue weighted by atomic mass is 10.1. The van der Waals surface area contributed by atoms with Gasteiger partial charge in [0.1, 0.15) is 5.75 Å². The third kappa shape index (κ3) is 6.54. The molecule has 46 heavy (non-hydrogen) atoms. The minimum absolute atomic E-state index is 0.202. The number of azo groups is 2. The fraction of sp³-hybridized carbons (Fsp3) is 0.154. The van der Waals surface area contributed by atoms with Crippen molar-refractivity contribution in [3.8, 4) is 5.75 Å². The number of aliphatic imine (C=N–C) groups is 1. The molecule has 0 amide bonds. The normalized spacial score (nSPS) is 11.9. The molecule has 6 aromatic rings. The molecule has 228 valence electrons. The van der Waals surface area contributed by atoms with Crippen molar-refractivity contribution in [2.24, 2.45) is 25.4 Å². The van der Waals surface area contributed by atoms with E-state index in [4.69, 9.17) is 4.99 Å². The Morgan fingerprint density at radius 2 is 1.07 bits per heavy atom. The van der Waals surface area contributed by atoms with Gasteiger partial charge in [-0.05, 0) is 74.4 Å². The lowest BCUT2D eigenvalue weighted by Gasteiger charge is -2.21. The first-order valence-corrected chi connectivity index (χ1v) is 15.7. The first-order valence-electron chi connectivity index (χ1n) is 15.7. The Morgan fingerprint density at radius 1 is 0.565 bits per heavy atom. The number of aromatic hydroxyl groups is 1. The summed E-state index contributed by atoms with van der Waals surface area (Å²) >= 11 is 0. The number of benzene rings is 6. The summed E-state index contributed by atoms with van der Waals surface area (Å²) in [5, 5.41) is 32.9. The minimum atomic E-state index is 0.202. The number of fused-ring (bicyclic) bond motifs is 2. The molecular weight excluding hydrogens is 568 g/mol. The number of phenols is 1. The zero-order valence-electron chi connectivity index (χ0n) is 26.3. The molecule has 0 saturated heterocycles. The average molecular weight is 605 g/mol. The van der Waals surface area contributed by atoms with Crippen LogP contribution in [0.1, 0.15) is 31.9 Å². The fourth-order valence-electron chi connectivity index (χ4n) is 5.49. The molecule has 6 aromatic carbocycles. The molecule has 0 aliphatic carbocycles. The van der Waals surface area contributed by atoms with Gasteiger partial charge in [-0.15, -0.1) is 15.3 Å². The Balaban J connectivity index is 1.28. The SMILES string of the molecule is CCc1ccc(N=Nc2ccc(N=Nc3ccc(N=Cc4ccc(N(CC)CC)cc4O)c4ccccc34)c3ccccc23)cc1. The molecule has 7 heteroatoms. The van der Waals surface area contributed by atoms with Gasteiger partial charge >= 0.3 is 0 Å².